The minimum atomic E-state index is -0.435. The Balaban J connectivity index is 1.57. The van der Waals surface area contributed by atoms with Crippen LogP contribution in [0.25, 0.3) is 11.0 Å². The number of amides is 1. The van der Waals surface area contributed by atoms with Crippen LogP contribution in [0, 0.1) is 0 Å². The van der Waals surface area contributed by atoms with Gasteiger partial charge in [0.1, 0.15) is 11.4 Å². The van der Waals surface area contributed by atoms with Crippen LogP contribution in [0.4, 0.5) is 5.69 Å². The molecule has 2 heterocycles. The Hall–Kier alpha value is -2.82. The Bertz CT molecular complexity index is 993. The summed E-state index contributed by atoms with van der Waals surface area (Å²) >= 11 is 0. The van der Waals surface area contributed by atoms with Crippen LogP contribution in [0.1, 0.15) is 44.9 Å². The molecule has 2 aromatic heterocycles. The number of aromatic nitrogens is 2. The van der Waals surface area contributed by atoms with Crippen molar-refractivity contribution in [3.05, 3.63) is 53.9 Å². The molecule has 4 rings (SSSR count). The maximum absolute atomic E-state index is 13.0. The van der Waals surface area contributed by atoms with Gasteiger partial charge in [-0.3, -0.25) is 4.79 Å². The van der Waals surface area contributed by atoms with Crippen molar-refractivity contribution in [2.75, 3.05) is 12.4 Å². The van der Waals surface area contributed by atoms with Crippen LogP contribution < -0.4 is 10.1 Å². The first-order valence-corrected chi connectivity index (χ1v) is 9.27. The number of rotatable bonds is 4. The van der Waals surface area contributed by atoms with Crippen molar-refractivity contribution in [3.63, 3.8) is 0 Å². The van der Waals surface area contributed by atoms with E-state index < -0.39 is 5.41 Å². The summed E-state index contributed by atoms with van der Waals surface area (Å²) in [5, 5.41) is 4.07. The number of pyridine rings is 1. The van der Waals surface area contributed by atoms with Gasteiger partial charge in [0, 0.05) is 16.5 Å². The lowest BCUT2D eigenvalue weighted by Gasteiger charge is -2.16. The van der Waals surface area contributed by atoms with Gasteiger partial charge in [0.25, 0.3) is 0 Å². The minimum absolute atomic E-state index is 0.0244. The summed E-state index contributed by atoms with van der Waals surface area (Å²) in [4.78, 5) is 20.8. The quantitative estimate of drug-likeness (QED) is 0.715. The van der Waals surface area contributed by atoms with Gasteiger partial charge in [0.2, 0.25) is 5.91 Å². The van der Waals surface area contributed by atoms with Crippen molar-refractivity contribution in [3.8, 4) is 5.75 Å². The highest BCUT2D eigenvalue weighted by molar-refractivity contribution is 6.02. The number of nitrogens with zero attached hydrogens (tertiary/aromatic N) is 1. The number of hydrogen-bond acceptors (Lipinski definition) is 3. The van der Waals surface area contributed by atoms with Crippen LogP contribution in [0.15, 0.2) is 42.6 Å². The molecule has 1 aromatic carbocycles. The number of nitrogens with one attached hydrogen (secondary N) is 2. The zero-order valence-electron chi connectivity index (χ0n) is 16.2. The van der Waals surface area contributed by atoms with E-state index in [2.05, 4.69) is 42.1 Å². The molecule has 2 N–H and O–H groups in total. The lowest BCUT2D eigenvalue weighted by molar-refractivity contribution is -0.118. The van der Waals surface area contributed by atoms with E-state index in [9.17, 15) is 4.79 Å². The Morgan fingerprint density at radius 2 is 1.89 bits per heavy atom. The maximum Gasteiger partial charge on any atom is 0.235 e. The van der Waals surface area contributed by atoms with E-state index >= 15 is 0 Å². The SMILES string of the molecule is COc1ccc(C2(C(=O)Nc3cnc4[nH]c(C(C)(C)C)cc4c3)CC2)cc1. The molecule has 0 radical (unpaired) electrons. The molecular formula is C22H25N3O2. The van der Waals surface area contributed by atoms with Crippen molar-refractivity contribution < 1.29 is 9.53 Å². The standard InChI is InChI=1S/C22H25N3O2/c1-21(2,3)18-12-14-11-16(13-23-19(14)25-18)24-20(26)22(9-10-22)15-5-7-17(27-4)8-6-15/h5-8,11-13H,9-10H2,1-4H3,(H,23,25)(H,24,26). The fourth-order valence-electron chi connectivity index (χ4n) is 3.42. The van der Waals surface area contributed by atoms with Gasteiger partial charge in [-0.2, -0.15) is 0 Å². The van der Waals surface area contributed by atoms with Gasteiger partial charge in [0.15, 0.2) is 0 Å². The molecule has 3 aromatic rings. The molecule has 0 spiro atoms. The Labute approximate surface area is 159 Å². The van der Waals surface area contributed by atoms with E-state index in [1.54, 1.807) is 13.3 Å². The van der Waals surface area contributed by atoms with Gasteiger partial charge in [-0.25, -0.2) is 4.98 Å². The van der Waals surface area contributed by atoms with E-state index in [1.807, 2.05) is 30.3 Å². The molecule has 0 bridgehead atoms. The number of benzene rings is 1. The molecule has 0 saturated heterocycles. The second kappa shape index (κ2) is 6.12. The molecule has 5 nitrogen and oxygen atoms in total. The predicted octanol–water partition coefficient (Wildman–Crippen LogP) is 4.54. The van der Waals surface area contributed by atoms with E-state index in [0.717, 1.165) is 46.6 Å². The zero-order chi connectivity index (χ0) is 19.2. The summed E-state index contributed by atoms with van der Waals surface area (Å²) in [6.45, 7) is 6.48. The summed E-state index contributed by atoms with van der Waals surface area (Å²) < 4.78 is 5.21. The third-order valence-electron chi connectivity index (χ3n) is 5.36. The van der Waals surface area contributed by atoms with Crippen molar-refractivity contribution in [1.82, 2.24) is 9.97 Å². The van der Waals surface area contributed by atoms with Crippen LogP contribution in [0.2, 0.25) is 0 Å². The van der Waals surface area contributed by atoms with Crippen LogP contribution in [-0.4, -0.2) is 23.0 Å². The van der Waals surface area contributed by atoms with E-state index in [1.165, 1.54) is 0 Å². The van der Waals surface area contributed by atoms with Gasteiger partial charge < -0.3 is 15.0 Å². The predicted molar refractivity (Wildman–Crippen MR) is 107 cm³/mol. The Morgan fingerprint density at radius 1 is 1.19 bits per heavy atom. The molecule has 5 heteroatoms. The fraction of sp³-hybridized carbons (Fsp3) is 0.364. The lowest BCUT2D eigenvalue weighted by atomic mass is 9.92. The van der Waals surface area contributed by atoms with Gasteiger partial charge in [-0.1, -0.05) is 32.9 Å². The summed E-state index contributed by atoms with van der Waals surface area (Å²) in [7, 11) is 1.64. The lowest BCUT2D eigenvalue weighted by Crippen LogP contribution is -2.27. The number of aromatic amines is 1. The number of H-pyrrole nitrogens is 1. The van der Waals surface area contributed by atoms with Crippen molar-refractivity contribution in [2.24, 2.45) is 0 Å². The molecule has 1 fully saturated rings. The monoisotopic (exact) mass is 363 g/mol. The molecule has 1 aliphatic rings. The van der Waals surface area contributed by atoms with E-state index in [4.69, 9.17) is 4.74 Å². The van der Waals surface area contributed by atoms with Crippen LogP contribution in [0.5, 0.6) is 5.75 Å². The molecule has 1 amide bonds. The second-order valence-corrected chi connectivity index (χ2v) is 8.36. The Morgan fingerprint density at radius 3 is 2.48 bits per heavy atom. The number of hydrogen-bond donors (Lipinski definition) is 2. The van der Waals surface area contributed by atoms with Crippen molar-refractivity contribution >= 4 is 22.6 Å². The molecular weight excluding hydrogens is 338 g/mol. The second-order valence-electron chi connectivity index (χ2n) is 8.36. The van der Waals surface area contributed by atoms with Gasteiger partial charge >= 0.3 is 0 Å². The molecule has 1 saturated carbocycles. The van der Waals surface area contributed by atoms with E-state index in [-0.39, 0.29) is 11.3 Å². The molecule has 140 valence electrons. The summed E-state index contributed by atoms with van der Waals surface area (Å²) in [6, 6.07) is 11.9. The first kappa shape index (κ1) is 17.6. The molecule has 1 aliphatic carbocycles. The largest absolute Gasteiger partial charge is 0.497 e. The maximum atomic E-state index is 13.0. The number of fused-ring (bicyclic) bond motifs is 1. The zero-order valence-corrected chi connectivity index (χ0v) is 16.2. The molecule has 0 atom stereocenters. The number of carbonyl (C=O) groups excluding carboxylic acids is 1. The first-order valence-electron chi connectivity index (χ1n) is 9.27. The van der Waals surface area contributed by atoms with Crippen LogP contribution in [0.3, 0.4) is 0 Å². The number of methoxy groups -OCH3 is 1. The molecule has 0 aliphatic heterocycles. The van der Waals surface area contributed by atoms with Gasteiger partial charge in [-0.05, 0) is 42.7 Å². The molecule has 0 unspecified atom stereocenters. The average molecular weight is 363 g/mol. The Kier molecular flexibility index (Phi) is 3.98. The topological polar surface area (TPSA) is 67.0 Å². The highest BCUT2D eigenvalue weighted by Gasteiger charge is 2.51. The summed E-state index contributed by atoms with van der Waals surface area (Å²) in [6.07, 6.45) is 3.44. The van der Waals surface area contributed by atoms with Crippen molar-refractivity contribution in [1.29, 1.82) is 0 Å². The molecule has 27 heavy (non-hydrogen) atoms. The van der Waals surface area contributed by atoms with Crippen molar-refractivity contribution in [2.45, 2.75) is 44.4 Å². The van der Waals surface area contributed by atoms with Gasteiger partial charge in [-0.15, -0.1) is 0 Å². The smallest absolute Gasteiger partial charge is 0.235 e. The van der Waals surface area contributed by atoms with Crippen LogP contribution >= 0.6 is 0 Å². The number of anilines is 1. The fourth-order valence-corrected chi connectivity index (χ4v) is 3.42. The highest BCUT2D eigenvalue weighted by Crippen LogP contribution is 2.49. The number of carbonyl (C=O) groups is 1. The van der Waals surface area contributed by atoms with E-state index in [0.29, 0.717) is 0 Å². The third kappa shape index (κ3) is 3.18. The number of ether oxygens (including phenoxy) is 1. The average Bonchev–Trinajstić information content (AvgIpc) is 3.34. The van der Waals surface area contributed by atoms with Crippen LogP contribution in [-0.2, 0) is 15.6 Å². The summed E-state index contributed by atoms with van der Waals surface area (Å²) in [5.74, 6) is 0.826. The normalized spacial score (nSPS) is 15.6. The van der Waals surface area contributed by atoms with Gasteiger partial charge in [0.05, 0.1) is 24.4 Å². The minimum Gasteiger partial charge on any atom is -0.497 e. The third-order valence-corrected chi connectivity index (χ3v) is 5.36. The highest BCUT2D eigenvalue weighted by atomic mass is 16.5. The summed E-state index contributed by atoms with van der Waals surface area (Å²) in [5.41, 5.74) is 3.32. The first-order chi connectivity index (χ1) is 12.8.